The number of nitrogen functional groups attached to an aromatic ring is 1. The number of nitrogens with two attached hydrogens (primary N) is 1. The molecule has 0 spiro atoms. The third-order valence-corrected chi connectivity index (χ3v) is 22.2. The Labute approximate surface area is 778 Å². The van der Waals surface area contributed by atoms with Crippen molar-refractivity contribution in [2.24, 2.45) is 5.73 Å². The summed E-state index contributed by atoms with van der Waals surface area (Å²) in [6, 6.07) is 12.6. The lowest BCUT2D eigenvalue weighted by Gasteiger charge is -2.52. The Morgan fingerprint density at radius 2 is 0.782 bits per heavy atom. The van der Waals surface area contributed by atoms with Crippen molar-refractivity contribution in [3.05, 3.63) is 71.3 Å². The molecule has 5 amide bonds. The monoisotopic (exact) mass is 1910 g/mol. The Bertz CT molecular complexity index is 3550. The molecular weight excluding hydrogens is 1760 g/mol. The molecule has 0 unspecified atom stereocenters. The van der Waals surface area contributed by atoms with E-state index in [-0.39, 0.29) is 70.8 Å². The smallest absolute Gasteiger partial charge is 0.305 e. The third-order valence-electron chi connectivity index (χ3n) is 22.2. The van der Waals surface area contributed by atoms with E-state index in [1.165, 1.54) is 74.0 Å². The molecule has 0 radical (unpaired) electrons. The van der Waals surface area contributed by atoms with Gasteiger partial charge in [0.1, 0.15) is 134 Å². The summed E-state index contributed by atoms with van der Waals surface area (Å²) in [5, 5.41) is 29.6. The van der Waals surface area contributed by atoms with Gasteiger partial charge in [-0.3, -0.25) is 34.2 Å². The van der Waals surface area contributed by atoms with Gasteiger partial charge >= 0.3 is 5.97 Å². The fraction of sp³-hybridized carbons (Fsp3) is 0.784. The summed E-state index contributed by atoms with van der Waals surface area (Å²) in [5.41, 5.74) is 6.95. The van der Waals surface area contributed by atoms with E-state index in [1.807, 2.05) is 26.8 Å². The van der Waals surface area contributed by atoms with Gasteiger partial charge in [-0.25, -0.2) is 0 Å². The largest absolute Gasteiger partial charge is 0.481 e. The summed E-state index contributed by atoms with van der Waals surface area (Å²) < 4.78 is 188. The molecule has 762 valence electrons. The standard InChI is InChI=1S/C61H113NO32.C27H34N6O6/c1-36-42(91-60-55(76-15)49(70-9)44(38(89-60)32-65-4)85-31-30-83-27-26-81-23-22-79-19-18-62-41(63)35-84-29-28-82-25-24-80-21-20-64-3)47(68-7)54(75-14)59(87-36)94-46-40(34-67-6)90-61(56(77-16)51(46)72-11)92-43-37(2)86-58(53(74-13)48(43)69-8)93-45-39(33-66-5)88-57(78-17)52(73-12)50(45)71-10;1-2-13-30-26(38)20(15-17-6-4-3-5-7-17)33-27(39)21(16-23(35)36)32-22(34)12-14-31-25(37)19-10-8-18(9-11-19)24(28)29/h36-40,42-61H,18-35H2,1-17H3,(H,62,63);3-11,20-21H,2,12-16H2,1H3,(H3,28,29)(H,30,38)(H,31,37)(H,32,34)(H,33,39)(H,35,36)/t36-,37+,38-,39-,40-,42-,43-,44-,45-,46-,47+,48+,49+,50+,51+,52-,53-,54-,55-,56-,57+,58+,59+,60-,61-;20-,21-/m10/s1. The first-order valence-electron chi connectivity index (χ1n) is 44.3. The summed E-state index contributed by atoms with van der Waals surface area (Å²) in [6.45, 7) is 11.1. The minimum atomic E-state index is -1.43. The maximum atomic E-state index is 13.0. The molecule has 5 heterocycles. The number of carbonyl (C=O) groups excluding carboxylic acids is 5. The number of amidine groups is 1. The van der Waals surface area contributed by atoms with Crippen molar-refractivity contribution >= 4 is 41.3 Å². The lowest BCUT2D eigenvalue weighted by Crippen LogP contribution is -2.68. The molecule has 0 aliphatic carbocycles. The third kappa shape index (κ3) is 36.7. The highest BCUT2D eigenvalue weighted by atomic mass is 16.8. The number of carboxylic acid groups (broad SMARTS) is 1. The number of rotatable bonds is 64. The van der Waals surface area contributed by atoms with Crippen LogP contribution in [-0.4, -0.2) is 451 Å². The van der Waals surface area contributed by atoms with Gasteiger partial charge in [-0.15, -0.1) is 0 Å². The second-order valence-corrected chi connectivity index (χ2v) is 31.1. The van der Waals surface area contributed by atoms with Gasteiger partial charge in [0.05, 0.1) is 124 Å². The molecule has 5 saturated heterocycles. The minimum absolute atomic E-state index is 0.0292. The second kappa shape index (κ2) is 64.6. The van der Waals surface area contributed by atoms with Gasteiger partial charge in [0.15, 0.2) is 31.5 Å². The zero-order valence-corrected chi connectivity index (χ0v) is 79.9. The van der Waals surface area contributed by atoms with E-state index in [4.69, 9.17) is 158 Å². The molecular formula is C88H147N7O38. The van der Waals surface area contributed by atoms with Crippen LogP contribution in [0.2, 0.25) is 0 Å². The van der Waals surface area contributed by atoms with Crippen LogP contribution in [0, 0.1) is 5.41 Å². The number of benzene rings is 2. The normalized spacial score (nSPS) is 29.3. The van der Waals surface area contributed by atoms with Gasteiger partial charge in [-0.1, -0.05) is 49.4 Å². The summed E-state index contributed by atoms with van der Waals surface area (Å²) in [5.74, 6) is -4.04. The van der Waals surface area contributed by atoms with Gasteiger partial charge in [0.2, 0.25) is 23.6 Å². The molecule has 2 aromatic rings. The van der Waals surface area contributed by atoms with Gasteiger partial charge in [-0.2, -0.15) is 0 Å². The van der Waals surface area contributed by atoms with E-state index in [9.17, 15) is 33.9 Å². The first kappa shape index (κ1) is 115. The van der Waals surface area contributed by atoms with Gasteiger partial charge < -0.3 is 184 Å². The maximum absolute atomic E-state index is 13.0. The highest BCUT2D eigenvalue weighted by Gasteiger charge is 2.59. The van der Waals surface area contributed by atoms with Crippen molar-refractivity contribution in [1.82, 2.24) is 26.6 Å². The quantitative estimate of drug-likeness (QED) is 0.0235. The molecule has 0 saturated carbocycles. The summed E-state index contributed by atoms with van der Waals surface area (Å²) in [4.78, 5) is 73.8. The molecule has 27 atom stereocenters. The van der Waals surface area contributed by atoms with Crippen LogP contribution in [0.15, 0.2) is 54.6 Å². The lowest BCUT2D eigenvalue weighted by molar-refractivity contribution is -0.396. The number of methoxy groups -OCH3 is 15. The van der Waals surface area contributed by atoms with Crippen LogP contribution in [0.1, 0.15) is 61.5 Å². The van der Waals surface area contributed by atoms with Crippen LogP contribution in [0.3, 0.4) is 0 Å². The Morgan fingerprint density at radius 3 is 1.22 bits per heavy atom. The number of nitrogens with one attached hydrogen (secondary N) is 6. The number of hydrogen-bond acceptors (Lipinski definition) is 38. The molecule has 5 aliphatic heterocycles. The Morgan fingerprint density at radius 1 is 0.383 bits per heavy atom. The van der Waals surface area contributed by atoms with E-state index in [1.54, 1.807) is 81.1 Å². The molecule has 0 aromatic heterocycles. The number of amides is 5. The highest BCUT2D eigenvalue weighted by molar-refractivity contribution is 5.98. The molecule has 7 rings (SSSR count). The van der Waals surface area contributed by atoms with Crippen molar-refractivity contribution < 1.29 is 181 Å². The van der Waals surface area contributed by atoms with E-state index in [2.05, 4.69) is 26.6 Å². The minimum Gasteiger partial charge on any atom is -0.481 e. The van der Waals surface area contributed by atoms with Crippen molar-refractivity contribution in [2.75, 3.05) is 239 Å². The van der Waals surface area contributed by atoms with Crippen LogP contribution in [0.5, 0.6) is 0 Å². The predicted octanol–water partition coefficient (Wildman–Crippen LogP) is -0.522. The average Bonchev–Trinajstić information content (AvgIpc) is 0.765. The summed E-state index contributed by atoms with van der Waals surface area (Å²) >= 11 is 0. The van der Waals surface area contributed by atoms with Gasteiger partial charge in [0, 0.05) is 150 Å². The van der Waals surface area contributed by atoms with Crippen LogP contribution < -0.4 is 32.3 Å². The van der Waals surface area contributed by atoms with E-state index in [0.717, 1.165) is 5.56 Å². The predicted molar refractivity (Wildman–Crippen MR) is 468 cm³/mol. The molecule has 9 N–H and O–H groups in total. The molecule has 45 heteroatoms. The zero-order valence-electron chi connectivity index (χ0n) is 79.9. The molecule has 133 heavy (non-hydrogen) atoms. The molecule has 45 nitrogen and oxygen atoms in total. The van der Waals surface area contributed by atoms with Crippen LogP contribution in [-0.2, 0) is 177 Å². The fourth-order valence-corrected chi connectivity index (χ4v) is 15.6. The Balaban J connectivity index is 0.000000579. The Kier molecular flexibility index (Phi) is 56.0. The maximum Gasteiger partial charge on any atom is 0.305 e. The van der Waals surface area contributed by atoms with Crippen LogP contribution >= 0.6 is 0 Å². The van der Waals surface area contributed by atoms with Crippen LogP contribution in [0.25, 0.3) is 0 Å². The first-order valence-corrected chi connectivity index (χ1v) is 44.3. The average molecular weight is 1910 g/mol. The Hall–Kier alpha value is -6.51. The van der Waals surface area contributed by atoms with Gasteiger partial charge in [0.25, 0.3) is 5.91 Å². The molecule has 0 bridgehead atoms. The van der Waals surface area contributed by atoms with Crippen molar-refractivity contribution in [2.45, 2.75) is 212 Å². The lowest BCUT2D eigenvalue weighted by atomic mass is 9.95. The van der Waals surface area contributed by atoms with Crippen molar-refractivity contribution in [1.29, 1.82) is 5.41 Å². The molecule has 2 aromatic carbocycles. The number of aliphatic carboxylic acids is 1. The van der Waals surface area contributed by atoms with Gasteiger partial charge in [-0.05, 0) is 38.0 Å². The van der Waals surface area contributed by atoms with Crippen molar-refractivity contribution in [3.8, 4) is 0 Å². The van der Waals surface area contributed by atoms with E-state index >= 15 is 0 Å². The van der Waals surface area contributed by atoms with E-state index < -0.39 is 202 Å². The second-order valence-electron chi connectivity index (χ2n) is 31.1. The molecule has 5 fully saturated rings. The highest BCUT2D eigenvalue weighted by Crippen LogP contribution is 2.40. The number of carboxylic acids is 1. The van der Waals surface area contributed by atoms with Crippen LogP contribution in [0.4, 0.5) is 0 Å². The topological polar surface area (TPSA) is 519 Å². The number of hydrogen-bond donors (Lipinski definition) is 8. The molecule has 5 aliphatic rings. The first-order chi connectivity index (χ1) is 64.4. The van der Waals surface area contributed by atoms with Crippen molar-refractivity contribution in [3.63, 3.8) is 0 Å². The van der Waals surface area contributed by atoms with E-state index in [0.29, 0.717) is 103 Å². The number of carbonyl (C=O) groups is 6. The summed E-state index contributed by atoms with van der Waals surface area (Å²) in [6.07, 6.45) is -20.5. The number of ether oxygens (including phenoxy) is 31. The SMILES string of the molecule is CCCNC(=O)[C@H](Cc1ccccc1)NC(=O)[C@H](CC(=O)O)NC(=O)CCNC(=O)c1ccc(C(=N)N)cc1.COCCOCCOCCOCC(=O)NCCOCCOCCOCCO[C@H]1[C@H](OC)[C@@H](OC)[C@@H](O[C@H]2[C@H](OC)[C@@H](OC)[C@H](O[C@H]3[C@H](OC)[C@@H](OC)[C@@H](O[C@H]4[C@H](OC)[C@@H](OC)[C@H](O[C@H]5[C@H](OC)[C@@H](OC)[C@@H](OC)O[C@@H]5COC)O[C@H]4C)O[C@@H]3COC)O[C@@H]2C)O[C@@H]1COC. The zero-order chi connectivity index (χ0) is 97.2. The summed E-state index contributed by atoms with van der Waals surface area (Å²) in [7, 11) is 23.2. The fourth-order valence-electron chi connectivity index (χ4n) is 15.6.